The van der Waals surface area contributed by atoms with Crippen LogP contribution in [-0.4, -0.2) is 4.98 Å². The van der Waals surface area contributed by atoms with E-state index in [1.165, 1.54) is 0 Å². The fraction of sp³-hybridized carbons (Fsp3) is 0.0714. The third-order valence-corrected chi connectivity index (χ3v) is 3.15. The summed E-state index contributed by atoms with van der Waals surface area (Å²) in [5.41, 5.74) is 2.04. The molecule has 0 bridgehead atoms. The molecule has 0 aliphatic rings. The molecule has 0 aliphatic carbocycles. The van der Waals surface area contributed by atoms with Crippen molar-refractivity contribution in [1.82, 2.24) is 4.98 Å². The molecule has 0 saturated heterocycles. The van der Waals surface area contributed by atoms with Gasteiger partial charge in [0.25, 0.3) is 0 Å². The van der Waals surface area contributed by atoms with E-state index in [0.717, 1.165) is 11.2 Å². The van der Waals surface area contributed by atoms with Crippen molar-refractivity contribution < 1.29 is 4.42 Å². The molecular weight excluding hydrogens is 250 g/mol. The summed E-state index contributed by atoms with van der Waals surface area (Å²) < 4.78 is 5.31. The number of aromatic nitrogens is 1. The zero-order valence-corrected chi connectivity index (χ0v) is 10.4. The number of nitrogens with one attached hydrogen (secondary N) is 1. The smallest absolute Gasteiger partial charge is 0.200 e. The van der Waals surface area contributed by atoms with Crippen LogP contribution in [0.4, 0.5) is 0 Å². The Morgan fingerprint density at radius 1 is 1.28 bits per heavy atom. The van der Waals surface area contributed by atoms with E-state index in [4.69, 9.17) is 16.0 Å². The predicted octanol–water partition coefficient (Wildman–Crippen LogP) is 3.75. The average Bonchev–Trinajstić information content (AvgIpc) is 2.84. The number of furan rings is 1. The minimum Gasteiger partial charge on any atom is -0.464 e. The molecule has 2 heterocycles. The van der Waals surface area contributed by atoms with Gasteiger partial charge in [-0.25, -0.2) is 0 Å². The largest absolute Gasteiger partial charge is 0.464 e. The van der Waals surface area contributed by atoms with Gasteiger partial charge in [-0.3, -0.25) is 4.79 Å². The van der Waals surface area contributed by atoms with Gasteiger partial charge in [-0.2, -0.15) is 0 Å². The molecule has 0 atom stereocenters. The Labute approximate surface area is 108 Å². The first-order chi connectivity index (χ1) is 8.66. The van der Waals surface area contributed by atoms with Crippen LogP contribution in [-0.2, 0) is 0 Å². The van der Waals surface area contributed by atoms with Crippen LogP contribution in [0.25, 0.3) is 22.2 Å². The summed E-state index contributed by atoms with van der Waals surface area (Å²) in [4.78, 5) is 15.7. The molecule has 2 aromatic heterocycles. The van der Waals surface area contributed by atoms with Gasteiger partial charge in [0.05, 0.1) is 11.8 Å². The minimum absolute atomic E-state index is 0.0706. The highest BCUT2D eigenvalue weighted by Gasteiger charge is 2.13. The molecule has 0 amide bonds. The summed E-state index contributed by atoms with van der Waals surface area (Å²) in [5, 5.41) is 1.11. The lowest BCUT2D eigenvalue weighted by Crippen LogP contribution is -2.09. The number of benzene rings is 1. The number of pyridine rings is 1. The van der Waals surface area contributed by atoms with Crippen molar-refractivity contribution in [2.24, 2.45) is 0 Å². The third kappa shape index (κ3) is 1.64. The van der Waals surface area contributed by atoms with Crippen LogP contribution >= 0.6 is 11.6 Å². The van der Waals surface area contributed by atoms with Crippen LogP contribution in [0, 0.1) is 6.92 Å². The summed E-state index contributed by atoms with van der Waals surface area (Å²) in [7, 11) is 0. The molecule has 0 fully saturated rings. The fourth-order valence-electron chi connectivity index (χ4n) is 2.10. The number of hydrogen-bond acceptors (Lipinski definition) is 2. The molecule has 0 radical (unpaired) electrons. The lowest BCUT2D eigenvalue weighted by atomic mass is 10.1. The first-order valence-corrected chi connectivity index (χ1v) is 5.90. The van der Waals surface area contributed by atoms with E-state index in [1.54, 1.807) is 36.6 Å². The Bertz CT molecular complexity index is 772. The minimum atomic E-state index is -0.0706. The second-order valence-corrected chi connectivity index (χ2v) is 4.56. The van der Waals surface area contributed by atoms with Gasteiger partial charge in [0.1, 0.15) is 5.76 Å². The molecule has 90 valence electrons. The van der Waals surface area contributed by atoms with Crippen molar-refractivity contribution in [3.63, 3.8) is 0 Å². The normalized spacial score (nSPS) is 11.0. The quantitative estimate of drug-likeness (QED) is 0.723. The van der Waals surface area contributed by atoms with Crippen molar-refractivity contribution in [2.45, 2.75) is 6.92 Å². The first kappa shape index (κ1) is 11.1. The second-order valence-electron chi connectivity index (χ2n) is 4.12. The Morgan fingerprint density at radius 3 is 2.83 bits per heavy atom. The number of H-pyrrole nitrogens is 1. The maximum Gasteiger partial charge on any atom is 0.200 e. The maximum absolute atomic E-state index is 12.5. The Hall–Kier alpha value is -2.00. The number of aryl methyl sites for hydroxylation is 1. The van der Waals surface area contributed by atoms with Crippen LogP contribution in [0.3, 0.4) is 0 Å². The van der Waals surface area contributed by atoms with Crippen molar-refractivity contribution in [2.75, 3.05) is 0 Å². The summed E-state index contributed by atoms with van der Waals surface area (Å²) >= 11 is 5.93. The van der Waals surface area contributed by atoms with Crippen molar-refractivity contribution >= 4 is 22.5 Å². The van der Waals surface area contributed by atoms with E-state index >= 15 is 0 Å². The van der Waals surface area contributed by atoms with Gasteiger partial charge in [0.2, 0.25) is 5.43 Å². The van der Waals surface area contributed by atoms with Crippen molar-refractivity contribution in [3.8, 4) is 11.3 Å². The summed E-state index contributed by atoms with van der Waals surface area (Å²) in [6.45, 7) is 1.85. The van der Waals surface area contributed by atoms with Crippen LogP contribution in [0.1, 0.15) is 5.69 Å². The molecular formula is C14H10ClNO2. The third-order valence-electron chi connectivity index (χ3n) is 2.92. The highest BCUT2D eigenvalue weighted by molar-refractivity contribution is 6.31. The number of halogens is 1. The molecule has 0 unspecified atom stereocenters. The lowest BCUT2D eigenvalue weighted by molar-refractivity contribution is 0.581. The van der Waals surface area contributed by atoms with E-state index in [2.05, 4.69) is 4.98 Å². The van der Waals surface area contributed by atoms with Gasteiger partial charge < -0.3 is 9.40 Å². The molecule has 1 N–H and O–H groups in total. The van der Waals surface area contributed by atoms with Gasteiger partial charge in [-0.05, 0) is 37.3 Å². The number of rotatable bonds is 1. The zero-order valence-electron chi connectivity index (χ0n) is 9.66. The van der Waals surface area contributed by atoms with E-state index in [1.807, 2.05) is 6.92 Å². The molecule has 3 aromatic rings. The Morgan fingerprint density at radius 2 is 2.11 bits per heavy atom. The van der Waals surface area contributed by atoms with Gasteiger partial charge >= 0.3 is 0 Å². The van der Waals surface area contributed by atoms with Gasteiger partial charge in [0.15, 0.2) is 0 Å². The Kier molecular flexibility index (Phi) is 2.49. The van der Waals surface area contributed by atoms with Gasteiger partial charge in [-0.1, -0.05) is 11.6 Å². The monoisotopic (exact) mass is 259 g/mol. The topological polar surface area (TPSA) is 46.0 Å². The molecule has 0 aliphatic heterocycles. The van der Waals surface area contributed by atoms with E-state index < -0.39 is 0 Å². The summed E-state index contributed by atoms with van der Waals surface area (Å²) in [6.07, 6.45) is 1.55. The van der Waals surface area contributed by atoms with Gasteiger partial charge in [-0.15, -0.1) is 0 Å². The Balaban J connectivity index is 2.43. The second kappa shape index (κ2) is 4.03. The summed E-state index contributed by atoms with van der Waals surface area (Å²) in [5.74, 6) is 0.565. The molecule has 3 rings (SSSR count). The standard InChI is InChI=1S/C14H10ClNO2/c1-8-13(12-3-2-6-18-12)14(17)10-7-9(15)4-5-11(10)16-8/h2-7H,1H3,(H,16,17). The van der Waals surface area contributed by atoms with Crippen LogP contribution in [0.15, 0.2) is 45.8 Å². The number of hydrogen-bond donors (Lipinski definition) is 1. The van der Waals surface area contributed by atoms with E-state index in [0.29, 0.717) is 21.7 Å². The lowest BCUT2D eigenvalue weighted by Gasteiger charge is -2.06. The summed E-state index contributed by atoms with van der Waals surface area (Å²) in [6, 6.07) is 8.76. The molecule has 4 heteroatoms. The molecule has 0 saturated carbocycles. The first-order valence-electron chi connectivity index (χ1n) is 5.53. The molecule has 1 aromatic carbocycles. The van der Waals surface area contributed by atoms with Crippen LogP contribution < -0.4 is 5.43 Å². The molecule has 3 nitrogen and oxygen atoms in total. The molecule has 18 heavy (non-hydrogen) atoms. The van der Waals surface area contributed by atoms with E-state index in [-0.39, 0.29) is 5.43 Å². The average molecular weight is 260 g/mol. The predicted molar refractivity (Wildman–Crippen MR) is 72.0 cm³/mol. The van der Waals surface area contributed by atoms with Crippen LogP contribution in [0.5, 0.6) is 0 Å². The SMILES string of the molecule is Cc1[nH]c2ccc(Cl)cc2c(=O)c1-c1ccco1. The highest BCUT2D eigenvalue weighted by atomic mass is 35.5. The number of fused-ring (bicyclic) bond motifs is 1. The molecule has 0 spiro atoms. The van der Waals surface area contributed by atoms with Crippen molar-refractivity contribution in [1.29, 1.82) is 0 Å². The van der Waals surface area contributed by atoms with Crippen molar-refractivity contribution in [3.05, 3.63) is 57.5 Å². The van der Waals surface area contributed by atoms with Gasteiger partial charge in [0, 0.05) is 21.6 Å². The highest BCUT2D eigenvalue weighted by Crippen LogP contribution is 2.23. The number of aromatic amines is 1. The van der Waals surface area contributed by atoms with Crippen LogP contribution in [0.2, 0.25) is 5.02 Å². The maximum atomic E-state index is 12.5. The van der Waals surface area contributed by atoms with E-state index in [9.17, 15) is 4.79 Å². The fourth-order valence-corrected chi connectivity index (χ4v) is 2.27. The zero-order chi connectivity index (χ0) is 12.7.